The van der Waals surface area contributed by atoms with Gasteiger partial charge in [-0.15, -0.1) is 0 Å². The molecule has 0 amide bonds. The van der Waals surface area contributed by atoms with Crippen LogP contribution in [0.15, 0.2) is 23.9 Å². The SMILES string of the molecule is CC1C=CC(NCCO)=CC1. The molecule has 2 heteroatoms. The van der Waals surface area contributed by atoms with Crippen molar-refractivity contribution < 1.29 is 5.11 Å². The predicted octanol–water partition coefficient (Wildman–Crippen LogP) is 1.05. The summed E-state index contributed by atoms with van der Waals surface area (Å²) < 4.78 is 0. The molecule has 1 unspecified atom stereocenters. The van der Waals surface area contributed by atoms with E-state index in [1.807, 2.05) is 0 Å². The third kappa shape index (κ3) is 2.76. The molecule has 0 saturated heterocycles. The molecule has 0 saturated carbocycles. The smallest absolute Gasteiger partial charge is 0.0604 e. The molecule has 1 aliphatic rings. The minimum Gasteiger partial charge on any atom is -0.395 e. The largest absolute Gasteiger partial charge is 0.395 e. The lowest BCUT2D eigenvalue weighted by atomic mass is 10.0. The highest BCUT2D eigenvalue weighted by Gasteiger charge is 2.01. The van der Waals surface area contributed by atoms with E-state index in [0.717, 1.165) is 12.1 Å². The van der Waals surface area contributed by atoms with Crippen molar-refractivity contribution in [3.63, 3.8) is 0 Å². The van der Waals surface area contributed by atoms with Gasteiger partial charge < -0.3 is 10.4 Å². The Labute approximate surface area is 67.6 Å². The summed E-state index contributed by atoms with van der Waals surface area (Å²) in [6, 6.07) is 0. The zero-order valence-electron chi connectivity index (χ0n) is 6.88. The van der Waals surface area contributed by atoms with Gasteiger partial charge >= 0.3 is 0 Å². The third-order valence-electron chi connectivity index (χ3n) is 1.75. The summed E-state index contributed by atoms with van der Waals surface area (Å²) in [5.41, 5.74) is 1.14. The lowest BCUT2D eigenvalue weighted by Crippen LogP contribution is -2.17. The number of hydrogen-bond acceptors (Lipinski definition) is 2. The topological polar surface area (TPSA) is 32.3 Å². The molecule has 1 aliphatic carbocycles. The Morgan fingerprint density at radius 3 is 3.09 bits per heavy atom. The molecule has 0 heterocycles. The van der Waals surface area contributed by atoms with Crippen LogP contribution in [0.25, 0.3) is 0 Å². The molecule has 0 aliphatic heterocycles. The number of aliphatic hydroxyl groups excluding tert-OH is 1. The van der Waals surface area contributed by atoms with Crippen molar-refractivity contribution in [2.45, 2.75) is 13.3 Å². The van der Waals surface area contributed by atoms with Gasteiger partial charge in [-0.25, -0.2) is 0 Å². The average Bonchev–Trinajstić information content (AvgIpc) is 2.04. The Hall–Kier alpha value is -0.760. The fourth-order valence-electron chi connectivity index (χ4n) is 1.06. The van der Waals surface area contributed by atoms with Crippen molar-refractivity contribution in [2.75, 3.05) is 13.2 Å². The van der Waals surface area contributed by atoms with Gasteiger partial charge in [0, 0.05) is 12.2 Å². The number of nitrogens with one attached hydrogen (secondary N) is 1. The van der Waals surface area contributed by atoms with Crippen molar-refractivity contribution >= 4 is 0 Å². The molecule has 0 fully saturated rings. The first-order valence-electron chi connectivity index (χ1n) is 4.06. The van der Waals surface area contributed by atoms with Gasteiger partial charge in [0.1, 0.15) is 0 Å². The lowest BCUT2D eigenvalue weighted by Gasteiger charge is -2.12. The summed E-state index contributed by atoms with van der Waals surface area (Å²) in [6.07, 6.45) is 7.52. The predicted molar refractivity (Wildman–Crippen MR) is 46.1 cm³/mol. The summed E-state index contributed by atoms with van der Waals surface area (Å²) in [5, 5.41) is 11.7. The minimum atomic E-state index is 0.195. The number of aliphatic hydroxyl groups is 1. The monoisotopic (exact) mass is 153 g/mol. The van der Waals surface area contributed by atoms with E-state index in [1.165, 1.54) is 0 Å². The van der Waals surface area contributed by atoms with Crippen molar-refractivity contribution in [1.29, 1.82) is 0 Å². The van der Waals surface area contributed by atoms with Crippen LogP contribution < -0.4 is 5.32 Å². The quantitative estimate of drug-likeness (QED) is 0.635. The second kappa shape index (κ2) is 4.19. The van der Waals surface area contributed by atoms with Crippen LogP contribution in [0.1, 0.15) is 13.3 Å². The van der Waals surface area contributed by atoms with Crippen LogP contribution in [0.3, 0.4) is 0 Å². The molecule has 1 atom stereocenters. The molecular weight excluding hydrogens is 138 g/mol. The lowest BCUT2D eigenvalue weighted by molar-refractivity contribution is 0.297. The van der Waals surface area contributed by atoms with Gasteiger partial charge in [-0.1, -0.05) is 19.1 Å². The van der Waals surface area contributed by atoms with Crippen LogP contribution in [-0.2, 0) is 0 Å². The number of rotatable bonds is 3. The average molecular weight is 153 g/mol. The highest BCUT2D eigenvalue weighted by atomic mass is 16.3. The van der Waals surface area contributed by atoms with Crippen molar-refractivity contribution in [2.24, 2.45) is 5.92 Å². The minimum absolute atomic E-state index is 0.195. The molecule has 0 aromatic heterocycles. The van der Waals surface area contributed by atoms with E-state index in [9.17, 15) is 0 Å². The van der Waals surface area contributed by atoms with Crippen LogP contribution >= 0.6 is 0 Å². The molecule has 1 rings (SSSR count). The molecule has 0 bridgehead atoms. The molecule has 2 nitrogen and oxygen atoms in total. The van der Waals surface area contributed by atoms with Crippen LogP contribution in [0.4, 0.5) is 0 Å². The summed E-state index contributed by atoms with van der Waals surface area (Å²) in [7, 11) is 0. The Bertz CT molecular complexity index is 172. The first-order valence-corrected chi connectivity index (χ1v) is 4.06. The second-order valence-corrected chi connectivity index (χ2v) is 2.88. The molecule has 0 aromatic rings. The zero-order chi connectivity index (χ0) is 8.10. The zero-order valence-corrected chi connectivity index (χ0v) is 6.88. The molecule has 0 radical (unpaired) electrons. The second-order valence-electron chi connectivity index (χ2n) is 2.88. The van der Waals surface area contributed by atoms with Gasteiger partial charge in [-0.3, -0.25) is 0 Å². The fraction of sp³-hybridized carbons (Fsp3) is 0.556. The molecular formula is C9H15NO. The maximum atomic E-state index is 8.54. The summed E-state index contributed by atoms with van der Waals surface area (Å²) in [6.45, 7) is 3.03. The van der Waals surface area contributed by atoms with Crippen LogP contribution in [0, 0.1) is 5.92 Å². The van der Waals surface area contributed by atoms with Gasteiger partial charge in [0.2, 0.25) is 0 Å². The first kappa shape index (κ1) is 8.34. The van der Waals surface area contributed by atoms with Crippen LogP contribution in [-0.4, -0.2) is 18.3 Å². The van der Waals surface area contributed by atoms with E-state index in [-0.39, 0.29) is 6.61 Å². The maximum absolute atomic E-state index is 8.54. The summed E-state index contributed by atoms with van der Waals surface area (Å²) in [5.74, 6) is 0.662. The first-order chi connectivity index (χ1) is 5.33. The van der Waals surface area contributed by atoms with E-state index < -0.39 is 0 Å². The summed E-state index contributed by atoms with van der Waals surface area (Å²) in [4.78, 5) is 0. The highest BCUT2D eigenvalue weighted by Crippen LogP contribution is 2.13. The fourth-order valence-corrected chi connectivity index (χ4v) is 1.06. The van der Waals surface area contributed by atoms with Crippen LogP contribution in [0.5, 0.6) is 0 Å². The van der Waals surface area contributed by atoms with E-state index in [0.29, 0.717) is 12.5 Å². The van der Waals surface area contributed by atoms with E-state index in [2.05, 4.69) is 30.5 Å². The van der Waals surface area contributed by atoms with Gasteiger partial charge in [-0.05, 0) is 18.4 Å². The molecule has 0 aromatic carbocycles. The van der Waals surface area contributed by atoms with Gasteiger partial charge in [0.15, 0.2) is 0 Å². The Morgan fingerprint density at radius 1 is 1.73 bits per heavy atom. The van der Waals surface area contributed by atoms with Crippen molar-refractivity contribution in [1.82, 2.24) is 5.32 Å². The third-order valence-corrected chi connectivity index (χ3v) is 1.75. The van der Waals surface area contributed by atoms with E-state index in [1.54, 1.807) is 0 Å². The van der Waals surface area contributed by atoms with E-state index in [4.69, 9.17) is 5.11 Å². The van der Waals surface area contributed by atoms with Crippen molar-refractivity contribution in [3.8, 4) is 0 Å². The molecule has 0 spiro atoms. The van der Waals surface area contributed by atoms with Gasteiger partial charge in [-0.2, -0.15) is 0 Å². The highest BCUT2D eigenvalue weighted by molar-refractivity contribution is 5.21. The van der Waals surface area contributed by atoms with Gasteiger partial charge in [0.25, 0.3) is 0 Å². The van der Waals surface area contributed by atoms with Gasteiger partial charge in [0.05, 0.1) is 6.61 Å². The Kier molecular flexibility index (Phi) is 3.17. The number of hydrogen-bond donors (Lipinski definition) is 2. The van der Waals surface area contributed by atoms with Crippen molar-refractivity contribution in [3.05, 3.63) is 23.9 Å². The Balaban J connectivity index is 2.31. The summed E-state index contributed by atoms with van der Waals surface area (Å²) >= 11 is 0. The normalized spacial score (nSPS) is 23.1. The van der Waals surface area contributed by atoms with E-state index >= 15 is 0 Å². The standard InChI is InChI=1S/C9H15NO/c1-8-2-4-9(5-3-8)10-6-7-11/h2,4-5,8,10-11H,3,6-7H2,1H3. The van der Waals surface area contributed by atoms with Crippen LogP contribution in [0.2, 0.25) is 0 Å². The molecule has 62 valence electrons. The molecule has 2 N–H and O–H groups in total. The maximum Gasteiger partial charge on any atom is 0.0604 e. The molecule has 11 heavy (non-hydrogen) atoms. The Morgan fingerprint density at radius 2 is 2.55 bits per heavy atom. The number of allylic oxidation sites excluding steroid dienone is 3.